The van der Waals surface area contributed by atoms with Gasteiger partial charge < -0.3 is 10.1 Å². The maximum Gasteiger partial charge on any atom is 0.234 e. The van der Waals surface area contributed by atoms with Gasteiger partial charge in [0.05, 0.1) is 23.6 Å². The van der Waals surface area contributed by atoms with Crippen LogP contribution in [0.3, 0.4) is 0 Å². The third kappa shape index (κ3) is 6.19. The van der Waals surface area contributed by atoms with Crippen molar-refractivity contribution < 1.29 is 9.53 Å². The summed E-state index contributed by atoms with van der Waals surface area (Å²) in [6.07, 6.45) is 0.829. The molecule has 0 aliphatic heterocycles. The summed E-state index contributed by atoms with van der Waals surface area (Å²) >= 11 is 1.28. The predicted molar refractivity (Wildman–Crippen MR) is 151 cm³/mol. The molecule has 0 aliphatic carbocycles. The fourth-order valence-electron chi connectivity index (χ4n) is 4.13. The highest BCUT2D eigenvalue weighted by atomic mass is 32.2. The molecule has 5 nitrogen and oxygen atoms in total. The molecule has 0 spiro atoms. The second-order valence-corrected chi connectivity index (χ2v) is 9.43. The van der Waals surface area contributed by atoms with E-state index in [1.165, 1.54) is 11.8 Å². The van der Waals surface area contributed by atoms with E-state index >= 15 is 0 Å². The highest BCUT2D eigenvalue weighted by Gasteiger charge is 2.18. The van der Waals surface area contributed by atoms with Crippen molar-refractivity contribution in [3.05, 3.63) is 95.6 Å². The number of nitriles is 1. The number of hydrogen-bond acceptors (Lipinski definition) is 5. The van der Waals surface area contributed by atoms with Crippen LogP contribution in [0.5, 0.6) is 5.75 Å². The van der Waals surface area contributed by atoms with E-state index in [4.69, 9.17) is 9.72 Å². The lowest BCUT2D eigenvalue weighted by Gasteiger charge is -2.14. The van der Waals surface area contributed by atoms with E-state index in [1.54, 1.807) is 0 Å². The fraction of sp³-hybridized carbons (Fsp3) is 0.194. The minimum Gasteiger partial charge on any atom is -0.494 e. The molecule has 4 rings (SSSR count). The second kappa shape index (κ2) is 12.2. The monoisotopic (exact) mass is 507 g/mol. The molecule has 0 atom stereocenters. The molecule has 4 aromatic rings. The van der Waals surface area contributed by atoms with E-state index in [1.807, 2.05) is 92.7 Å². The van der Waals surface area contributed by atoms with Gasteiger partial charge in [0.1, 0.15) is 16.8 Å². The zero-order chi connectivity index (χ0) is 26.2. The van der Waals surface area contributed by atoms with Crippen LogP contribution in [-0.2, 0) is 11.2 Å². The molecule has 37 heavy (non-hydrogen) atoms. The minimum atomic E-state index is -0.132. The average Bonchev–Trinajstić information content (AvgIpc) is 2.93. The van der Waals surface area contributed by atoms with Gasteiger partial charge in [-0.15, -0.1) is 0 Å². The summed E-state index contributed by atoms with van der Waals surface area (Å²) < 4.78 is 5.58. The molecule has 0 saturated heterocycles. The van der Waals surface area contributed by atoms with Gasteiger partial charge in [0.15, 0.2) is 0 Å². The van der Waals surface area contributed by atoms with E-state index in [-0.39, 0.29) is 11.7 Å². The normalized spacial score (nSPS) is 10.5. The van der Waals surface area contributed by atoms with Crippen LogP contribution in [-0.4, -0.2) is 23.3 Å². The van der Waals surface area contributed by atoms with Crippen molar-refractivity contribution in [1.82, 2.24) is 4.98 Å². The third-order valence-corrected chi connectivity index (χ3v) is 6.96. The van der Waals surface area contributed by atoms with Gasteiger partial charge in [-0.2, -0.15) is 5.26 Å². The number of aryl methyl sites for hydroxylation is 2. The molecule has 0 unspecified atom stereocenters. The zero-order valence-corrected chi connectivity index (χ0v) is 22.1. The van der Waals surface area contributed by atoms with Crippen molar-refractivity contribution in [2.45, 2.75) is 32.2 Å². The van der Waals surface area contributed by atoms with E-state index in [0.717, 1.165) is 51.4 Å². The highest BCUT2D eigenvalue weighted by molar-refractivity contribution is 8.00. The molecule has 0 radical (unpaired) electrons. The average molecular weight is 508 g/mol. The molecule has 186 valence electrons. The molecule has 1 amide bonds. The maximum atomic E-state index is 13.0. The molecule has 1 aromatic heterocycles. The Kier molecular flexibility index (Phi) is 8.60. The van der Waals surface area contributed by atoms with Crippen molar-refractivity contribution in [1.29, 1.82) is 5.26 Å². The topological polar surface area (TPSA) is 75.0 Å². The molecule has 1 N–H and O–H groups in total. The lowest BCUT2D eigenvalue weighted by atomic mass is 9.99. The Morgan fingerprint density at radius 2 is 1.76 bits per heavy atom. The molecular formula is C31H29N3O2S. The van der Waals surface area contributed by atoms with Gasteiger partial charge in [-0.3, -0.25) is 4.79 Å². The van der Waals surface area contributed by atoms with Crippen LogP contribution in [0, 0.1) is 18.3 Å². The van der Waals surface area contributed by atoms with Crippen molar-refractivity contribution >= 4 is 23.4 Å². The van der Waals surface area contributed by atoms with Gasteiger partial charge in [-0.25, -0.2) is 4.98 Å². The van der Waals surface area contributed by atoms with Crippen LogP contribution >= 0.6 is 11.8 Å². The first kappa shape index (κ1) is 26.0. The molecule has 3 aromatic carbocycles. The van der Waals surface area contributed by atoms with Crippen molar-refractivity contribution in [3.8, 4) is 34.2 Å². The van der Waals surface area contributed by atoms with Crippen LogP contribution in [0.2, 0.25) is 0 Å². The Balaban J connectivity index is 1.67. The van der Waals surface area contributed by atoms with E-state index in [2.05, 4.69) is 18.3 Å². The molecule has 0 bridgehead atoms. The van der Waals surface area contributed by atoms with Crippen LogP contribution in [0.1, 0.15) is 30.5 Å². The van der Waals surface area contributed by atoms with Crippen molar-refractivity contribution in [2.75, 3.05) is 17.7 Å². The minimum absolute atomic E-state index is 0.132. The largest absolute Gasteiger partial charge is 0.494 e. The van der Waals surface area contributed by atoms with Crippen LogP contribution < -0.4 is 10.1 Å². The number of thioether (sulfide) groups is 1. The number of para-hydroxylation sites is 1. The first-order valence-electron chi connectivity index (χ1n) is 12.3. The summed E-state index contributed by atoms with van der Waals surface area (Å²) in [6.45, 7) is 6.60. The number of benzene rings is 3. The summed E-state index contributed by atoms with van der Waals surface area (Å²) in [6, 6.07) is 27.8. The van der Waals surface area contributed by atoms with E-state index in [0.29, 0.717) is 17.2 Å². The van der Waals surface area contributed by atoms with Crippen molar-refractivity contribution in [2.24, 2.45) is 0 Å². The first-order chi connectivity index (χ1) is 18.0. The standard InChI is InChI=1S/C31H29N3O2S/c1-4-22-13-9-10-21(3)30(22)34-29(35)20-37-31-27(19-32)26(23-11-7-6-8-12-23)18-28(33-31)24-14-16-25(17-15-24)36-5-2/h6-18H,4-5,20H2,1-3H3,(H,34,35). The lowest BCUT2D eigenvalue weighted by Crippen LogP contribution is -2.16. The fourth-order valence-corrected chi connectivity index (χ4v) is 4.93. The number of carbonyl (C=O) groups excluding carboxylic acids is 1. The number of carbonyl (C=O) groups is 1. The number of hydrogen-bond donors (Lipinski definition) is 1. The maximum absolute atomic E-state index is 13.0. The summed E-state index contributed by atoms with van der Waals surface area (Å²) in [5, 5.41) is 13.7. The van der Waals surface area contributed by atoms with Gasteiger partial charge in [0, 0.05) is 16.8 Å². The quantitative estimate of drug-likeness (QED) is 0.241. The number of ether oxygens (including phenoxy) is 1. The van der Waals surface area contributed by atoms with Gasteiger partial charge in [-0.1, -0.05) is 67.2 Å². The smallest absolute Gasteiger partial charge is 0.234 e. The Bertz CT molecular complexity index is 1430. The summed E-state index contributed by atoms with van der Waals surface area (Å²) in [7, 11) is 0. The third-order valence-electron chi connectivity index (χ3n) is 5.99. The molecule has 1 heterocycles. The molecule has 0 aliphatic rings. The summed E-state index contributed by atoms with van der Waals surface area (Å²) in [4.78, 5) is 17.8. The molecule has 0 saturated carbocycles. The zero-order valence-electron chi connectivity index (χ0n) is 21.2. The summed E-state index contributed by atoms with van der Waals surface area (Å²) in [5.41, 5.74) is 6.79. The predicted octanol–water partition coefficient (Wildman–Crippen LogP) is 7.29. The van der Waals surface area contributed by atoms with Gasteiger partial charge >= 0.3 is 0 Å². The van der Waals surface area contributed by atoms with Crippen LogP contribution in [0.25, 0.3) is 22.4 Å². The number of rotatable bonds is 9. The Hall–Kier alpha value is -4.08. The lowest BCUT2D eigenvalue weighted by molar-refractivity contribution is -0.113. The molecule has 6 heteroatoms. The number of pyridine rings is 1. The molecular weight excluding hydrogens is 478 g/mol. The Morgan fingerprint density at radius 1 is 1.00 bits per heavy atom. The second-order valence-electron chi connectivity index (χ2n) is 8.47. The Labute approximate surface area is 222 Å². The van der Waals surface area contributed by atoms with Gasteiger partial charge in [0.2, 0.25) is 5.91 Å². The van der Waals surface area contributed by atoms with Gasteiger partial charge in [0.25, 0.3) is 0 Å². The summed E-state index contributed by atoms with van der Waals surface area (Å²) in [5.74, 6) is 0.796. The Morgan fingerprint density at radius 3 is 2.43 bits per heavy atom. The van der Waals surface area contributed by atoms with Crippen LogP contribution in [0.4, 0.5) is 5.69 Å². The van der Waals surface area contributed by atoms with Crippen molar-refractivity contribution in [3.63, 3.8) is 0 Å². The first-order valence-corrected chi connectivity index (χ1v) is 13.3. The van der Waals surface area contributed by atoms with Gasteiger partial charge in [-0.05, 0) is 67.3 Å². The number of nitrogens with zero attached hydrogens (tertiary/aromatic N) is 2. The number of aromatic nitrogens is 1. The number of anilines is 1. The highest BCUT2D eigenvalue weighted by Crippen LogP contribution is 2.35. The van der Waals surface area contributed by atoms with Crippen LogP contribution in [0.15, 0.2) is 83.9 Å². The van der Waals surface area contributed by atoms with E-state index in [9.17, 15) is 10.1 Å². The van der Waals surface area contributed by atoms with E-state index < -0.39 is 0 Å². The molecule has 0 fully saturated rings. The number of amides is 1. The SMILES string of the molecule is CCOc1ccc(-c2cc(-c3ccccc3)c(C#N)c(SCC(=O)Nc3c(C)cccc3CC)n2)cc1. The number of nitrogens with one attached hydrogen (secondary N) is 1.